The molecule has 0 aromatic rings. The second-order valence-electron chi connectivity index (χ2n) is 14.7. The molecule has 0 aliphatic carbocycles. The minimum atomic E-state index is -4.61. The molecule has 0 aliphatic heterocycles. The van der Waals surface area contributed by atoms with E-state index in [2.05, 4.69) is 30.5 Å². The third-order valence-corrected chi connectivity index (χ3v) is 10.4. The Morgan fingerprint density at radius 2 is 0.925 bits per heavy atom. The summed E-state index contributed by atoms with van der Waals surface area (Å²) in [5.41, 5.74) is 0. The number of hydrogen-bond acceptors (Lipinski definition) is 9. The highest BCUT2D eigenvalue weighted by Gasteiger charge is 2.27. The van der Waals surface area contributed by atoms with Crippen LogP contribution in [0, 0.1) is 0 Å². The number of unbranched alkanes of at least 4 members (excludes halogenated alkanes) is 25. The van der Waals surface area contributed by atoms with Crippen molar-refractivity contribution >= 4 is 19.8 Å². The van der Waals surface area contributed by atoms with E-state index < -0.39 is 51.8 Å². The summed E-state index contributed by atoms with van der Waals surface area (Å²) >= 11 is 0. The van der Waals surface area contributed by atoms with Crippen LogP contribution in [0.2, 0.25) is 0 Å². The number of phosphoric acid groups is 1. The quantitative estimate of drug-likeness (QED) is 0.0237. The van der Waals surface area contributed by atoms with Gasteiger partial charge < -0.3 is 24.6 Å². The second kappa shape index (κ2) is 39.0. The van der Waals surface area contributed by atoms with E-state index in [0.29, 0.717) is 12.8 Å². The molecule has 0 spiro atoms. The van der Waals surface area contributed by atoms with Gasteiger partial charge in [0.05, 0.1) is 19.8 Å². The zero-order valence-corrected chi connectivity index (χ0v) is 34.9. The number of esters is 2. The number of aliphatic hydroxyl groups excluding tert-OH is 2. The molecule has 10 nitrogen and oxygen atoms in total. The lowest BCUT2D eigenvalue weighted by molar-refractivity contribution is -0.161. The van der Waals surface area contributed by atoms with Gasteiger partial charge in [-0.25, -0.2) is 4.57 Å². The summed E-state index contributed by atoms with van der Waals surface area (Å²) in [6.45, 7) is 2.38. The number of carbonyl (C=O) groups is 2. The number of ether oxygens (including phenoxy) is 2. The van der Waals surface area contributed by atoms with E-state index in [-0.39, 0.29) is 19.4 Å². The van der Waals surface area contributed by atoms with Gasteiger partial charge in [0.25, 0.3) is 0 Å². The van der Waals surface area contributed by atoms with Crippen LogP contribution in [0.4, 0.5) is 0 Å². The van der Waals surface area contributed by atoms with Crippen molar-refractivity contribution in [1.82, 2.24) is 0 Å². The molecule has 53 heavy (non-hydrogen) atoms. The first-order valence-electron chi connectivity index (χ1n) is 21.6. The molecule has 3 N–H and O–H groups in total. The van der Waals surface area contributed by atoms with Gasteiger partial charge in [-0.1, -0.05) is 167 Å². The Morgan fingerprint density at radius 3 is 1.36 bits per heavy atom. The Labute approximate surface area is 324 Å². The SMILES string of the molecule is CCCCCCCC/C=C/CCCCCCCCCCCC(=O)O[C@H](COC(=O)CCCCCCCCCCCCC)COP(=O)(O)OC[C@@H](O)CO. The van der Waals surface area contributed by atoms with Gasteiger partial charge in [0.1, 0.15) is 12.7 Å². The van der Waals surface area contributed by atoms with E-state index in [9.17, 15) is 24.2 Å². The van der Waals surface area contributed by atoms with Crippen molar-refractivity contribution in [1.29, 1.82) is 0 Å². The van der Waals surface area contributed by atoms with Crippen molar-refractivity contribution < 1.29 is 47.8 Å². The van der Waals surface area contributed by atoms with Crippen molar-refractivity contribution in [3.8, 4) is 0 Å². The maximum absolute atomic E-state index is 12.6. The molecule has 0 aromatic heterocycles. The molecule has 0 radical (unpaired) electrons. The lowest BCUT2D eigenvalue weighted by atomic mass is 10.1. The van der Waals surface area contributed by atoms with Crippen molar-refractivity contribution in [3.05, 3.63) is 12.2 Å². The first-order valence-corrected chi connectivity index (χ1v) is 23.1. The van der Waals surface area contributed by atoms with Gasteiger partial charge in [0, 0.05) is 12.8 Å². The molecule has 3 atom stereocenters. The van der Waals surface area contributed by atoms with Crippen molar-refractivity contribution in [2.24, 2.45) is 0 Å². The predicted molar refractivity (Wildman–Crippen MR) is 215 cm³/mol. The average Bonchev–Trinajstić information content (AvgIpc) is 3.14. The third kappa shape index (κ3) is 38.8. The van der Waals surface area contributed by atoms with Gasteiger partial charge in [-0.15, -0.1) is 0 Å². The van der Waals surface area contributed by atoms with Crippen LogP contribution in [0.25, 0.3) is 0 Å². The summed E-state index contributed by atoms with van der Waals surface area (Å²) < 4.78 is 32.7. The van der Waals surface area contributed by atoms with Crippen LogP contribution in [-0.4, -0.2) is 65.7 Å². The molecule has 314 valence electrons. The van der Waals surface area contributed by atoms with Crippen molar-refractivity contribution in [3.63, 3.8) is 0 Å². The molecule has 0 saturated carbocycles. The fraction of sp³-hybridized carbons (Fsp3) is 0.905. The molecule has 0 fully saturated rings. The monoisotopic (exact) mass is 777 g/mol. The summed E-state index contributed by atoms with van der Waals surface area (Å²) in [6, 6.07) is 0. The first kappa shape index (κ1) is 51.7. The maximum Gasteiger partial charge on any atom is 0.472 e. The second-order valence-corrected chi connectivity index (χ2v) is 16.2. The highest BCUT2D eigenvalue weighted by atomic mass is 31.2. The van der Waals surface area contributed by atoms with Crippen LogP contribution < -0.4 is 0 Å². The van der Waals surface area contributed by atoms with Gasteiger partial charge >= 0.3 is 19.8 Å². The lowest BCUT2D eigenvalue weighted by Gasteiger charge is -2.20. The molecule has 0 rings (SSSR count). The van der Waals surface area contributed by atoms with Gasteiger partial charge in [-0.05, 0) is 38.5 Å². The fourth-order valence-electron chi connectivity index (χ4n) is 6.05. The van der Waals surface area contributed by atoms with Crippen LogP contribution >= 0.6 is 7.82 Å². The summed E-state index contributed by atoms with van der Waals surface area (Å²) in [4.78, 5) is 34.9. The zero-order valence-electron chi connectivity index (χ0n) is 34.0. The van der Waals surface area contributed by atoms with E-state index in [0.717, 1.165) is 38.5 Å². The van der Waals surface area contributed by atoms with Crippen LogP contribution in [-0.2, 0) is 32.7 Å². The van der Waals surface area contributed by atoms with Crippen LogP contribution in [0.5, 0.6) is 0 Å². The number of hydrogen-bond donors (Lipinski definition) is 3. The highest BCUT2D eigenvalue weighted by Crippen LogP contribution is 2.43. The smallest absolute Gasteiger partial charge is 0.462 e. The Bertz CT molecular complexity index is 899. The summed E-state index contributed by atoms with van der Waals surface area (Å²) in [6.07, 6.45) is 36.1. The minimum Gasteiger partial charge on any atom is -0.462 e. The fourth-order valence-corrected chi connectivity index (χ4v) is 6.84. The Hall–Kier alpha value is -1.29. The van der Waals surface area contributed by atoms with Gasteiger partial charge in [0.2, 0.25) is 0 Å². The van der Waals surface area contributed by atoms with Gasteiger partial charge in [-0.2, -0.15) is 0 Å². The van der Waals surface area contributed by atoms with Crippen LogP contribution in [0.15, 0.2) is 12.2 Å². The third-order valence-electron chi connectivity index (χ3n) is 9.42. The number of phosphoric ester groups is 1. The van der Waals surface area contributed by atoms with Crippen molar-refractivity contribution in [2.75, 3.05) is 26.4 Å². The normalized spacial score (nSPS) is 14.0. The molecule has 0 aliphatic rings. The van der Waals surface area contributed by atoms with E-state index in [1.54, 1.807) is 0 Å². The lowest BCUT2D eigenvalue weighted by Crippen LogP contribution is -2.29. The standard InChI is InChI=1S/C42H81O10P/c1-3-5-7-9-11-13-15-16-17-18-19-20-21-22-24-26-28-30-32-34-42(46)52-40(38-51-53(47,48)50-36-39(44)35-43)37-49-41(45)33-31-29-27-25-23-14-12-10-8-6-4-2/h16-17,39-40,43-44H,3-15,18-38H2,1-2H3,(H,47,48)/b17-16+/t39-,40+/m0/s1. The van der Waals surface area contributed by atoms with E-state index in [1.807, 2.05) is 0 Å². The molecule has 0 amide bonds. The molecule has 11 heteroatoms. The number of rotatable bonds is 41. The topological polar surface area (TPSA) is 149 Å². The number of carbonyl (C=O) groups excluding carboxylic acids is 2. The van der Waals surface area contributed by atoms with E-state index >= 15 is 0 Å². The number of allylic oxidation sites excluding steroid dienone is 2. The summed E-state index contributed by atoms with van der Waals surface area (Å²) in [5, 5.41) is 18.3. The molecular formula is C42H81O10P. The Morgan fingerprint density at radius 1 is 0.547 bits per heavy atom. The van der Waals surface area contributed by atoms with Crippen LogP contribution in [0.3, 0.4) is 0 Å². The summed E-state index contributed by atoms with van der Waals surface area (Å²) in [5.74, 6) is -0.919. The minimum absolute atomic E-state index is 0.186. The molecular weight excluding hydrogens is 695 g/mol. The predicted octanol–water partition coefficient (Wildman–Crippen LogP) is 11.2. The molecule has 1 unspecified atom stereocenters. The highest BCUT2D eigenvalue weighted by molar-refractivity contribution is 7.47. The van der Waals surface area contributed by atoms with Crippen LogP contribution in [0.1, 0.15) is 206 Å². The zero-order chi connectivity index (χ0) is 39.1. The molecule has 0 bridgehead atoms. The maximum atomic E-state index is 12.6. The Kier molecular flexibility index (Phi) is 38.0. The summed E-state index contributed by atoms with van der Waals surface area (Å²) in [7, 11) is -4.61. The number of aliphatic hydroxyl groups is 2. The van der Waals surface area contributed by atoms with Crippen molar-refractivity contribution in [2.45, 2.75) is 219 Å². The van der Waals surface area contributed by atoms with E-state index in [1.165, 1.54) is 128 Å². The van der Waals surface area contributed by atoms with Gasteiger partial charge in [-0.3, -0.25) is 18.6 Å². The van der Waals surface area contributed by atoms with Gasteiger partial charge in [0.15, 0.2) is 6.10 Å². The average molecular weight is 777 g/mol. The molecule has 0 aromatic carbocycles. The molecule has 0 saturated heterocycles. The Balaban J connectivity index is 4.23. The van der Waals surface area contributed by atoms with E-state index in [4.69, 9.17) is 19.1 Å². The molecule has 0 heterocycles. The first-order chi connectivity index (χ1) is 25.7. The largest absolute Gasteiger partial charge is 0.472 e.